The Hall–Kier alpha value is -1.66. The fourth-order valence-electron chi connectivity index (χ4n) is 1.17. The van der Waals surface area contributed by atoms with Crippen molar-refractivity contribution < 1.29 is 0 Å². The van der Waals surface area contributed by atoms with Gasteiger partial charge < -0.3 is 10.7 Å². The lowest BCUT2D eigenvalue weighted by Gasteiger charge is -2.04. The van der Waals surface area contributed by atoms with Gasteiger partial charge in [-0.15, -0.1) is 0 Å². The van der Waals surface area contributed by atoms with Crippen LogP contribution >= 0.6 is 11.8 Å². The van der Waals surface area contributed by atoms with Gasteiger partial charge in [-0.3, -0.25) is 4.79 Å². The molecular formula is C10H10N4OS. The number of nitrogens with zero attached hydrogens (tertiary/aromatic N) is 2. The van der Waals surface area contributed by atoms with E-state index in [1.807, 2.05) is 12.1 Å². The summed E-state index contributed by atoms with van der Waals surface area (Å²) in [7, 11) is 0. The molecule has 82 valence electrons. The summed E-state index contributed by atoms with van der Waals surface area (Å²) in [4.78, 5) is 21.9. The number of nitrogens with one attached hydrogen (secondary N) is 1. The highest BCUT2D eigenvalue weighted by atomic mass is 32.2. The second kappa shape index (κ2) is 4.91. The average molecular weight is 234 g/mol. The highest BCUT2D eigenvalue weighted by Gasteiger charge is 2.05. The van der Waals surface area contributed by atoms with Gasteiger partial charge in [-0.25, -0.2) is 9.97 Å². The summed E-state index contributed by atoms with van der Waals surface area (Å²) in [6, 6.07) is 5.09. The van der Waals surface area contributed by atoms with Crippen LogP contribution in [0.5, 0.6) is 0 Å². The third-order valence-corrected chi connectivity index (χ3v) is 2.87. The van der Waals surface area contributed by atoms with Gasteiger partial charge in [-0.05, 0) is 23.4 Å². The van der Waals surface area contributed by atoms with Crippen LogP contribution in [0.25, 0.3) is 0 Å². The molecule has 0 spiro atoms. The Balaban J connectivity index is 2.30. The Kier molecular flexibility index (Phi) is 3.33. The number of hydrogen-bond acceptors (Lipinski definition) is 5. The third kappa shape index (κ3) is 2.47. The van der Waals surface area contributed by atoms with Gasteiger partial charge in [-0.2, -0.15) is 0 Å². The highest BCUT2D eigenvalue weighted by molar-refractivity contribution is 7.99. The second-order valence-corrected chi connectivity index (χ2v) is 3.99. The van der Waals surface area contributed by atoms with Crippen LogP contribution in [0.15, 0.2) is 45.6 Å². The maximum absolute atomic E-state index is 11.1. The number of rotatable bonds is 3. The highest BCUT2D eigenvalue weighted by Crippen LogP contribution is 2.24. The van der Waals surface area contributed by atoms with Crippen LogP contribution in [-0.2, 0) is 6.54 Å². The molecule has 2 rings (SSSR count). The normalized spacial score (nSPS) is 10.3. The monoisotopic (exact) mass is 234 g/mol. The molecule has 2 aromatic rings. The first-order chi connectivity index (χ1) is 7.79. The fraction of sp³-hybridized carbons (Fsp3) is 0.100. The zero-order valence-electron chi connectivity index (χ0n) is 8.38. The van der Waals surface area contributed by atoms with Crippen LogP contribution in [-0.4, -0.2) is 15.0 Å². The zero-order chi connectivity index (χ0) is 11.4. The minimum Gasteiger partial charge on any atom is -0.326 e. The number of H-pyrrole nitrogens is 1. The average Bonchev–Trinajstić information content (AvgIpc) is 2.30. The summed E-state index contributed by atoms with van der Waals surface area (Å²) in [5.74, 6) is 0. The van der Waals surface area contributed by atoms with Crippen molar-refractivity contribution in [2.24, 2.45) is 5.73 Å². The summed E-state index contributed by atoms with van der Waals surface area (Å²) in [6.07, 6.45) is 3.15. The molecule has 3 N–H and O–H groups in total. The van der Waals surface area contributed by atoms with Gasteiger partial charge >= 0.3 is 0 Å². The Morgan fingerprint density at radius 1 is 1.31 bits per heavy atom. The molecule has 16 heavy (non-hydrogen) atoms. The maximum atomic E-state index is 11.1. The first-order valence-corrected chi connectivity index (χ1v) is 5.48. The van der Waals surface area contributed by atoms with Gasteiger partial charge in [0.25, 0.3) is 5.56 Å². The van der Waals surface area contributed by atoms with Crippen molar-refractivity contribution >= 4 is 11.8 Å². The van der Waals surface area contributed by atoms with Crippen LogP contribution in [0.1, 0.15) is 5.56 Å². The van der Waals surface area contributed by atoms with Crippen molar-refractivity contribution in [3.05, 3.63) is 46.5 Å². The molecule has 0 saturated carbocycles. The summed E-state index contributed by atoms with van der Waals surface area (Å²) in [5, 5.41) is 1.28. The molecule has 0 aliphatic heterocycles. The number of pyridine rings is 1. The van der Waals surface area contributed by atoms with E-state index in [0.29, 0.717) is 11.7 Å². The molecule has 0 aromatic carbocycles. The van der Waals surface area contributed by atoms with Gasteiger partial charge in [0.2, 0.25) is 0 Å². The molecule has 0 bridgehead atoms. The SMILES string of the molecule is NCc1cccnc1Sc1nccc(=O)[nH]1. The van der Waals surface area contributed by atoms with E-state index in [1.54, 1.807) is 6.20 Å². The van der Waals surface area contributed by atoms with Crippen molar-refractivity contribution in [2.75, 3.05) is 0 Å². The smallest absolute Gasteiger partial charge is 0.251 e. The van der Waals surface area contributed by atoms with Gasteiger partial charge in [0.15, 0.2) is 5.16 Å². The first kappa shape index (κ1) is 10.8. The minimum absolute atomic E-state index is 0.178. The molecule has 2 heterocycles. The van der Waals surface area contributed by atoms with E-state index in [-0.39, 0.29) is 5.56 Å². The van der Waals surface area contributed by atoms with Crippen LogP contribution in [0.2, 0.25) is 0 Å². The van der Waals surface area contributed by atoms with Crippen molar-refractivity contribution in [1.29, 1.82) is 0 Å². The molecular weight excluding hydrogens is 224 g/mol. The quantitative estimate of drug-likeness (QED) is 0.766. The lowest BCUT2D eigenvalue weighted by Crippen LogP contribution is -2.06. The number of aromatic nitrogens is 3. The maximum Gasteiger partial charge on any atom is 0.251 e. The van der Waals surface area contributed by atoms with E-state index in [1.165, 1.54) is 24.0 Å². The molecule has 0 atom stereocenters. The first-order valence-electron chi connectivity index (χ1n) is 4.67. The number of nitrogens with two attached hydrogens (primary N) is 1. The molecule has 0 aliphatic rings. The largest absolute Gasteiger partial charge is 0.326 e. The molecule has 0 radical (unpaired) electrons. The van der Waals surface area contributed by atoms with Gasteiger partial charge in [0, 0.05) is 25.0 Å². The molecule has 0 fully saturated rings. The summed E-state index contributed by atoms with van der Waals surface area (Å²) in [6.45, 7) is 0.410. The van der Waals surface area contributed by atoms with E-state index in [0.717, 1.165) is 10.6 Å². The minimum atomic E-state index is -0.178. The summed E-state index contributed by atoms with van der Waals surface area (Å²) < 4.78 is 0. The van der Waals surface area contributed by atoms with Crippen LogP contribution < -0.4 is 11.3 Å². The van der Waals surface area contributed by atoms with Crippen molar-refractivity contribution in [3.63, 3.8) is 0 Å². The molecule has 6 heteroatoms. The lowest BCUT2D eigenvalue weighted by atomic mass is 10.3. The molecule has 5 nitrogen and oxygen atoms in total. The predicted molar refractivity (Wildman–Crippen MR) is 61.1 cm³/mol. The molecule has 0 aliphatic carbocycles. The summed E-state index contributed by atoms with van der Waals surface area (Å²) in [5.41, 5.74) is 6.34. The number of aromatic amines is 1. The van der Waals surface area contributed by atoms with Crippen molar-refractivity contribution in [1.82, 2.24) is 15.0 Å². The Bertz CT molecular complexity index is 540. The van der Waals surface area contributed by atoms with Crippen molar-refractivity contribution in [2.45, 2.75) is 16.7 Å². The van der Waals surface area contributed by atoms with Crippen LogP contribution in [0, 0.1) is 0 Å². The summed E-state index contributed by atoms with van der Waals surface area (Å²) >= 11 is 1.30. The van der Waals surface area contributed by atoms with E-state index in [9.17, 15) is 4.79 Å². The topological polar surface area (TPSA) is 84.7 Å². The van der Waals surface area contributed by atoms with Crippen LogP contribution in [0.3, 0.4) is 0 Å². The van der Waals surface area contributed by atoms with E-state index >= 15 is 0 Å². The Labute approximate surface area is 96.1 Å². The standard InChI is InChI=1S/C10H10N4OS/c11-6-7-2-1-4-12-9(7)16-10-13-5-3-8(15)14-10/h1-5H,6,11H2,(H,13,14,15). The Morgan fingerprint density at radius 3 is 2.94 bits per heavy atom. The predicted octanol–water partition coefficient (Wildman–Crippen LogP) is 0.775. The van der Waals surface area contributed by atoms with Gasteiger partial charge in [0.05, 0.1) is 0 Å². The lowest BCUT2D eigenvalue weighted by molar-refractivity contribution is 0.917. The molecule has 2 aromatic heterocycles. The number of hydrogen-bond donors (Lipinski definition) is 2. The van der Waals surface area contributed by atoms with Gasteiger partial charge in [0.1, 0.15) is 5.03 Å². The van der Waals surface area contributed by atoms with Crippen molar-refractivity contribution in [3.8, 4) is 0 Å². The van der Waals surface area contributed by atoms with E-state index < -0.39 is 0 Å². The van der Waals surface area contributed by atoms with E-state index in [2.05, 4.69) is 15.0 Å². The third-order valence-electron chi connectivity index (χ3n) is 1.91. The molecule has 0 unspecified atom stereocenters. The zero-order valence-corrected chi connectivity index (χ0v) is 9.20. The van der Waals surface area contributed by atoms with Gasteiger partial charge in [-0.1, -0.05) is 6.07 Å². The molecule has 0 saturated heterocycles. The second-order valence-electron chi connectivity index (χ2n) is 3.01. The van der Waals surface area contributed by atoms with Crippen LogP contribution in [0.4, 0.5) is 0 Å². The van der Waals surface area contributed by atoms with E-state index in [4.69, 9.17) is 5.73 Å². The molecule has 0 amide bonds. The Morgan fingerprint density at radius 2 is 2.19 bits per heavy atom. The fourth-order valence-corrected chi connectivity index (χ4v) is 2.01.